The Morgan fingerprint density at radius 3 is 2.75 bits per heavy atom. The van der Waals surface area contributed by atoms with Gasteiger partial charge in [0.05, 0.1) is 5.52 Å². The van der Waals surface area contributed by atoms with Crippen molar-refractivity contribution in [3.8, 4) is 0 Å². The highest BCUT2D eigenvalue weighted by Gasteiger charge is 2.22. The average Bonchev–Trinajstić information content (AvgIpc) is 3.45. The van der Waals surface area contributed by atoms with Crippen molar-refractivity contribution in [2.75, 3.05) is 31.1 Å². The maximum absolute atomic E-state index is 12.8. The largest absolute Gasteiger partial charge is 0.368 e. The zero-order valence-electron chi connectivity index (χ0n) is 17.7. The normalized spacial score (nSPS) is 14.6. The Bertz CT molecular complexity index is 1350. The van der Waals surface area contributed by atoms with E-state index in [1.54, 1.807) is 7.05 Å². The van der Waals surface area contributed by atoms with Gasteiger partial charge < -0.3 is 9.80 Å². The molecule has 1 amide bonds. The number of aryl methyl sites for hydroxylation is 2. The quantitative estimate of drug-likeness (QED) is 0.448. The monoisotopic (exact) mass is 470 g/mol. The second-order valence-electron chi connectivity index (χ2n) is 7.95. The zero-order chi connectivity index (χ0) is 22.2. The van der Waals surface area contributed by atoms with Crippen LogP contribution in [0.1, 0.15) is 18.7 Å². The molecule has 8 nitrogen and oxygen atoms in total. The fourth-order valence-corrected chi connectivity index (χ4v) is 5.29. The molecule has 1 saturated heterocycles. The molecule has 1 fully saturated rings. The lowest BCUT2D eigenvalue weighted by Gasteiger charge is -2.36. The van der Waals surface area contributed by atoms with Gasteiger partial charge in [-0.2, -0.15) is 0 Å². The number of hydrogen-bond donors (Lipinski definition) is 0. The molecule has 0 unspecified atom stereocenters. The van der Waals surface area contributed by atoms with Crippen LogP contribution in [0, 0.1) is 0 Å². The number of halogens is 1. The first-order chi connectivity index (χ1) is 15.5. The van der Waals surface area contributed by atoms with Gasteiger partial charge in [-0.15, -0.1) is 21.5 Å². The minimum absolute atomic E-state index is 0.0615. The van der Waals surface area contributed by atoms with Crippen LogP contribution in [0.25, 0.3) is 16.0 Å². The van der Waals surface area contributed by atoms with E-state index in [-0.39, 0.29) is 11.5 Å². The molecule has 0 N–H and O–H groups in total. The van der Waals surface area contributed by atoms with E-state index in [4.69, 9.17) is 11.6 Å². The summed E-state index contributed by atoms with van der Waals surface area (Å²) in [7, 11) is 1.71. The molecule has 0 radical (unpaired) electrons. The highest BCUT2D eigenvalue weighted by molar-refractivity contribution is 7.17. The molecule has 10 heteroatoms. The Kier molecular flexibility index (Phi) is 5.60. The molecule has 5 rings (SSSR count). The first kappa shape index (κ1) is 21.0. The van der Waals surface area contributed by atoms with E-state index in [2.05, 4.69) is 15.1 Å². The standard InChI is InChI=1S/C22H23ClN6O2S/c1-26-21(31)20-17(8-13-32-20)29-18(24-25-22(26)29)6-3-7-19(30)28-11-9-27(10-12-28)16-5-2-4-15(23)14-16/h2,4-5,8,13-14H,3,6-7,9-12H2,1H3. The van der Waals surface area contributed by atoms with Gasteiger partial charge >= 0.3 is 0 Å². The third-order valence-corrected chi connectivity index (χ3v) is 7.12. The molecule has 0 spiro atoms. The first-order valence-electron chi connectivity index (χ1n) is 10.6. The number of carbonyl (C=O) groups excluding carboxylic acids is 1. The van der Waals surface area contributed by atoms with Crippen molar-refractivity contribution in [3.05, 3.63) is 56.9 Å². The number of amides is 1. The molecular formula is C22H23ClN6O2S. The molecule has 4 heterocycles. The number of benzene rings is 1. The van der Waals surface area contributed by atoms with E-state index in [0.717, 1.165) is 35.1 Å². The van der Waals surface area contributed by atoms with Crippen molar-refractivity contribution in [2.24, 2.45) is 7.05 Å². The van der Waals surface area contributed by atoms with Crippen LogP contribution in [-0.4, -0.2) is 56.2 Å². The Hall–Kier alpha value is -2.91. The van der Waals surface area contributed by atoms with Crippen LogP contribution in [0.2, 0.25) is 5.02 Å². The molecule has 166 valence electrons. The molecule has 3 aromatic heterocycles. The van der Waals surface area contributed by atoms with E-state index < -0.39 is 0 Å². The van der Waals surface area contributed by atoms with Gasteiger partial charge in [-0.1, -0.05) is 17.7 Å². The van der Waals surface area contributed by atoms with E-state index in [1.165, 1.54) is 15.9 Å². The molecule has 0 atom stereocenters. The zero-order valence-corrected chi connectivity index (χ0v) is 19.3. The van der Waals surface area contributed by atoms with Gasteiger partial charge in [0.15, 0.2) is 0 Å². The molecule has 0 saturated carbocycles. The molecule has 1 aliphatic rings. The Morgan fingerprint density at radius 2 is 1.97 bits per heavy atom. The van der Waals surface area contributed by atoms with E-state index in [9.17, 15) is 9.59 Å². The summed E-state index contributed by atoms with van der Waals surface area (Å²) in [5.74, 6) is 1.47. The fourth-order valence-electron chi connectivity index (χ4n) is 4.26. The van der Waals surface area contributed by atoms with E-state index in [1.807, 2.05) is 45.0 Å². The second kappa shape index (κ2) is 8.55. The average molecular weight is 471 g/mol. The SMILES string of the molecule is Cn1c(=O)c2sccc2n2c(CCCC(=O)N3CCN(c4cccc(Cl)c4)CC3)nnc12. The number of piperazine rings is 1. The number of hydrogen-bond acceptors (Lipinski definition) is 6. The van der Waals surface area contributed by atoms with Gasteiger partial charge in [-0.05, 0) is 36.1 Å². The van der Waals surface area contributed by atoms with Gasteiger partial charge in [0.2, 0.25) is 11.7 Å². The number of thiophene rings is 1. The van der Waals surface area contributed by atoms with Gasteiger partial charge in [-0.3, -0.25) is 18.6 Å². The van der Waals surface area contributed by atoms with Crippen molar-refractivity contribution in [2.45, 2.75) is 19.3 Å². The van der Waals surface area contributed by atoms with Crippen LogP contribution in [0.15, 0.2) is 40.5 Å². The topological polar surface area (TPSA) is 75.7 Å². The van der Waals surface area contributed by atoms with E-state index in [0.29, 0.717) is 42.8 Å². The van der Waals surface area contributed by atoms with Crippen LogP contribution in [-0.2, 0) is 18.3 Å². The van der Waals surface area contributed by atoms with E-state index >= 15 is 0 Å². The van der Waals surface area contributed by atoms with Gasteiger partial charge in [-0.25, -0.2) is 0 Å². The third-order valence-electron chi connectivity index (χ3n) is 5.99. The van der Waals surface area contributed by atoms with Crippen LogP contribution < -0.4 is 10.5 Å². The summed E-state index contributed by atoms with van der Waals surface area (Å²) >= 11 is 7.52. The van der Waals surface area contributed by atoms with Crippen LogP contribution in [0.4, 0.5) is 5.69 Å². The predicted molar refractivity (Wildman–Crippen MR) is 127 cm³/mol. The summed E-state index contributed by atoms with van der Waals surface area (Å²) in [5.41, 5.74) is 1.86. The lowest BCUT2D eigenvalue weighted by Crippen LogP contribution is -2.48. The lowest BCUT2D eigenvalue weighted by atomic mass is 10.2. The molecule has 1 aliphatic heterocycles. The summed E-state index contributed by atoms with van der Waals surface area (Å²) in [5, 5.41) is 11.1. The Labute approximate surface area is 193 Å². The number of fused-ring (bicyclic) bond motifs is 3. The molecule has 1 aromatic carbocycles. The summed E-state index contributed by atoms with van der Waals surface area (Å²) in [6.07, 6.45) is 1.77. The predicted octanol–water partition coefficient (Wildman–Crippen LogP) is 2.97. The molecular weight excluding hydrogens is 448 g/mol. The molecule has 32 heavy (non-hydrogen) atoms. The molecule has 0 aliphatic carbocycles. The number of carbonyl (C=O) groups is 1. The van der Waals surface area contributed by atoms with Crippen LogP contribution in [0.5, 0.6) is 0 Å². The van der Waals surface area contributed by atoms with Gasteiger partial charge in [0.25, 0.3) is 5.56 Å². The van der Waals surface area contributed by atoms with Crippen molar-refractivity contribution in [3.63, 3.8) is 0 Å². The fraction of sp³-hybridized carbons (Fsp3) is 0.364. The lowest BCUT2D eigenvalue weighted by molar-refractivity contribution is -0.131. The summed E-state index contributed by atoms with van der Waals surface area (Å²) < 4.78 is 4.15. The Morgan fingerprint density at radius 1 is 1.16 bits per heavy atom. The van der Waals surface area contributed by atoms with Crippen molar-refractivity contribution < 1.29 is 4.79 Å². The molecule has 0 bridgehead atoms. The van der Waals surface area contributed by atoms with Crippen molar-refractivity contribution >= 4 is 50.5 Å². The highest BCUT2D eigenvalue weighted by atomic mass is 35.5. The number of aromatic nitrogens is 4. The Balaban J connectivity index is 1.21. The number of nitrogens with zero attached hydrogens (tertiary/aromatic N) is 6. The maximum Gasteiger partial charge on any atom is 0.272 e. The van der Waals surface area contributed by atoms with Crippen molar-refractivity contribution in [1.82, 2.24) is 24.1 Å². The summed E-state index contributed by atoms with van der Waals surface area (Å²) in [6.45, 7) is 3.00. The summed E-state index contributed by atoms with van der Waals surface area (Å²) in [4.78, 5) is 29.4. The van der Waals surface area contributed by atoms with Crippen LogP contribution in [0.3, 0.4) is 0 Å². The molecule has 4 aromatic rings. The highest BCUT2D eigenvalue weighted by Crippen LogP contribution is 2.22. The van der Waals surface area contributed by atoms with Crippen LogP contribution >= 0.6 is 22.9 Å². The minimum Gasteiger partial charge on any atom is -0.368 e. The minimum atomic E-state index is -0.0615. The van der Waals surface area contributed by atoms with Gasteiger partial charge in [0, 0.05) is 56.8 Å². The second-order valence-corrected chi connectivity index (χ2v) is 9.30. The van der Waals surface area contributed by atoms with Gasteiger partial charge in [0.1, 0.15) is 10.5 Å². The third kappa shape index (κ3) is 3.75. The number of anilines is 1. The smallest absolute Gasteiger partial charge is 0.272 e. The van der Waals surface area contributed by atoms with Crippen molar-refractivity contribution in [1.29, 1.82) is 0 Å². The number of rotatable bonds is 5. The first-order valence-corrected chi connectivity index (χ1v) is 11.9. The summed E-state index contributed by atoms with van der Waals surface area (Å²) in [6, 6.07) is 9.75. The maximum atomic E-state index is 12.8.